The number of amides is 1. The molecular formula is C27H24F2N8O2. The molecule has 10 nitrogen and oxygen atoms in total. The molecule has 0 saturated carbocycles. The SMILES string of the molecule is CN(C)Cc1ccc(C(=O)Nc2cnc(-c3cc(-c4ccon4)n(Cc4cccc(F)c4F)n3)nc2N)cc1. The summed E-state index contributed by atoms with van der Waals surface area (Å²) in [5.41, 5.74) is 9.22. The van der Waals surface area contributed by atoms with Crippen LogP contribution in [0.3, 0.4) is 0 Å². The highest BCUT2D eigenvalue weighted by Crippen LogP contribution is 2.27. The zero-order valence-corrected chi connectivity index (χ0v) is 21.1. The van der Waals surface area contributed by atoms with E-state index >= 15 is 0 Å². The lowest BCUT2D eigenvalue weighted by atomic mass is 10.1. The van der Waals surface area contributed by atoms with Gasteiger partial charge in [-0.2, -0.15) is 5.10 Å². The van der Waals surface area contributed by atoms with Crippen LogP contribution in [0.2, 0.25) is 0 Å². The Kier molecular flexibility index (Phi) is 7.10. The fraction of sp³-hybridized carbons (Fsp3) is 0.148. The Bertz CT molecular complexity index is 1620. The molecule has 0 atom stereocenters. The third kappa shape index (κ3) is 5.65. The minimum atomic E-state index is -0.964. The number of anilines is 2. The number of nitrogens with one attached hydrogen (secondary N) is 1. The van der Waals surface area contributed by atoms with Crippen LogP contribution in [0.25, 0.3) is 22.9 Å². The average Bonchev–Trinajstić information content (AvgIpc) is 3.58. The number of rotatable bonds is 8. The highest BCUT2D eigenvalue weighted by molar-refractivity contribution is 6.05. The van der Waals surface area contributed by atoms with Gasteiger partial charge in [-0.15, -0.1) is 0 Å². The Labute approximate surface area is 222 Å². The second-order valence-corrected chi connectivity index (χ2v) is 9.05. The summed E-state index contributed by atoms with van der Waals surface area (Å²) in [7, 11) is 3.94. The van der Waals surface area contributed by atoms with E-state index in [1.165, 1.54) is 29.3 Å². The van der Waals surface area contributed by atoms with Gasteiger partial charge >= 0.3 is 0 Å². The van der Waals surface area contributed by atoms with Crippen molar-refractivity contribution in [1.29, 1.82) is 0 Å². The van der Waals surface area contributed by atoms with Crippen LogP contribution < -0.4 is 11.1 Å². The molecule has 0 unspecified atom stereocenters. The van der Waals surface area contributed by atoms with E-state index in [0.29, 0.717) is 22.6 Å². The van der Waals surface area contributed by atoms with Crippen LogP contribution in [0.5, 0.6) is 0 Å². The van der Waals surface area contributed by atoms with Crippen LogP contribution in [-0.2, 0) is 13.1 Å². The molecule has 0 fully saturated rings. The number of halogens is 2. The molecule has 5 aromatic rings. The molecule has 1 amide bonds. The summed E-state index contributed by atoms with van der Waals surface area (Å²) >= 11 is 0. The van der Waals surface area contributed by atoms with Gasteiger partial charge in [0.25, 0.3) is 5.91 Å². The van der Waals surface area contributed by atoms with Crippen LogP contribution >= 0.6 is 0 Å². The maximum atomic E-state index is 14.4. The first-order chi connectivity index (χ1) is 18.8. The van der Waals surface area contributed by atoms with E-state index in [4.69, 9.17) is 10.3 Å². The van der Waals surface area contributed by atoms with E-state index in [2.05, 4.69) is 25.5 Å². The summed E-state index contributed by atoms with van der Waals surface area (Å²) in [4.78, 5) is 23.4. The van der Waals surface area contributed by atoms with Crippen molar-refractivity contribution in [3.8, 4) is 22.9 Å². The second-order valence-electron chi connectivity index (χ2n) is 9.05. The number of nitrogens with two attached hydrogens (primary N) is 1. The quantitative estimate of drug-likeness (QED) is 0.305. The third-order valence-electron chi connectivity index (χ3n) is 5.84. The molecule has 0 radical (unpaired) electrons. The highest BCUT2D eigenvalue weighted by Gasteiger charge is 2.19. The van der Waals surface area contributed by atoms with Crippen molar-refractivity contribution in [3.05, 3.63) is 95.4 Å². The maximum Gasteiger partial charge on any atom is 0.255 e. The predicted octanol–water partition coefficient (Wildman–Crippen LogP) is 4.22. The number of nitrogen functional groups attached to an aromatic ring is 1. The Hall–Kier alpha value is -4.97. The maximum absolute atomic E-state index is 14.4. The molecule has 39 heavy (non-hydrogen) atoms. The molecule has 3 N–H and O–H groups in total. The van der Waals surface area contributed by atoms with Crippen LogP contribution in [0.15, 0.2) is 71.6 Å². The summed E-state index contributed by atoms with van der Waals surface area (Å²) < 4.78 is 34.5. The molecule has 12 heteroatoms. The lowest BCUT2D eigenvalue weighted by Gasteiger charge is -2.11. The van der Waals surface area contributed by atoms with E-state index in [0.717, 1.165) is 18.2 Å². The van der Waals surface area contributed by atoms with Crippen molar-refractivity contribution in [2.45, 2.75) is 13.1 Å². The van der Waals surface area contributed by atoms with Crippen LogP contribution in [0.4, 0.5) is 20.3 Å². The second kappa shape index (κ2) is 10.8. The van der Waals surface area contributed by atoms with Gasteiger partial charge in [0.15, 0.2) is 23.3 Å². The van der Waals surface area contributed by atoms with Gasteiger partial charge in [0.1, 0.15) is 23.3 Å². The molecule has 2 aromatic carbocycles. The molecule has 0 bridgehead atoms. The number of nitrogens with zero attached hydrogens (tertiary/aromatic N) is 6. The first kappa shape index (κ1) is 25.7. The first-order valence-electron chi connectivity index (χ1n) is 11.9. The van der Waals surface area contributed by atoms with Gasteiger partial charge < -0.3 is 20.5 Å². The van der Waals surface area contributed by atoms with Crippen molar-refractivity contribution in [1.82, 2.24) is 29.8 Å². The molecular weight excluding hydrogens is 506 g/mol. The molecule has 3 heterocycles. The number of benzene rings is 2. The monoisotopic (exact) mass is 530 g/mol. The molecule has 0 aliphatic rings. The van der Waals surface area contributed by atoms with Crippen LogP contribution in [-0.4, -0.2) is 49.8 Å². The summed E-state index contributed by atoms with van der Waals surface area (Å²) in [6, 6.07) is 14.4. The van der Waals surface area contributed by atoms with Gasteiger partial charge in [0.2, 0.25) is 0 Å². The minimum absolute atomic E-state index is 0.0336. The van der Waals surface area contributed by atoms with Gasteiger partial charge in [-0.3, -0.25) is 9.48 Å². The standard InChI is InChI=1S/C27H24F2N8O2/c1-36(2)14-16-6-8-17(9-7-16)27(38)32-22-13-31-26(33-25(22)30)21-12-23(20-10-11-39-35-20)37(34-21)15-18-4-3-5-19(28)24(18)29/h3-13H,14-15H2,1-2H3,(H,32,38)(H2,30,31,33). The van der Waals surface area contributed by atoms with Crippen LogP contribution in [0.1, 0.15) is 21.5 Å². The largest absolute Gasteiger partial charge is 0.382 e. The number of carbonyl (C=O) groups is 1. The molecule has 198 valence electrons. The summed E-state index contributed by atoms with van der Waals surface area (Å²) in [5.74, 6) is -2.08. The number of hydrogen-bond donors (Lipinski definition) is 2. The lowest BCUT2D eigenvalue weighted by Crippen LogP contribution is -2.15. The molecule has 5 rings (SSSR count). The first-order valence-corrected chi connectivity index (χ1v) is 11.9. The summed E-state index contributed by atoms with van der Waals surface area (Å²) in [6.07, 6.45) is 2.77. The molecule has 0 spiro atoms. The van der Waals surface area contributed by atoms with Crippen molar-refractivity contribution >= 4 is 17.4 Å². The fourth-order valence-electron chi connectivity index (χ4n) is 3.97. The van der Waals surface area contributed by atoms with Crippen molar-refractivity contribution in [2.24, 2.45) is 0 Å². The van der Waals surface area contributed by atoms with Gasteiger partial charge in [-0.25, -0.2) is 18.7 Å². The van der Waals surface area contributed by atoms with Gasteiger partial charge in [0.05, 0.1) is 18.4 Å². The average molecular weight is 531 g/mol. The Morgan fingerprint density at radius 2 is 1.90 bits per heavy atom. The summed E-state index contributed by atoms with van der Waals surface area (Å²) in [6.45, 7) is 0.679. The van der Waals surface area contributed by atoms with E-state index in [9.17, 15) is 13.6 Å². The normalized spacial score (nSPS) is 11.2. The molecule has 0 aliphatic heterocycles. The number of aromatic nitrogens is 5. The minimum Gasteiger partial charge on any atom is -0.382 e. The fourth-order valence-corrected chi connectivity index (χ4v) is 3.97. The van der Waals surface area contributed by atoms with Crippen LogP contribution in [0, 0.1) is 11.6 Å². The molecule has 0 saturated heterocycles. The Balaban J connectivity index is 1.39. The smallest absolute Gasteiger partial charge is 0.255 e. The van der Waals surface area contributed by atoms with Gasteiger partial charge in [-0.1, -0.05) is 29.4 Å². The number of carbonyl (C=O) groups excluding carboxylic acids is 1. The molecule has 3 aromatic heterocycles. The Morgan fingerprint density at radius 3 is 2.59 bits per heavy atom. The van der Waals surface area contributed by atoms with E-state index < -0.39 is 11.6 Å². The zero-order chi connectivity index (χ0) is 27.5. The van der Waals surface area contributed by atoms with E-state index in [1.54, 1.807) is 24.3 Å². The predicted molar refractivity (Wildman–Crippen MR) is 140 cm³/mol. The third-order valence-corrected chi connectivity index (χ3v) is 5.84. The highest BCUT2D eigenvalue weighted by atomic mass is 19.2. The van der Waals surface area contributed by atoms with Crippen molar-refractivity contribution in [3.63, 3.8) is 0 Å². The molecule has 0 aliphatic carbocycles. The Morgan fingerprint density at radius 1 is 1.10 bits per heavy atom. The lowest BCUT2D eigenvalue weighted by molar-refractivity contribution is 0.102. The topological polar surface area (TPSA) is 128 Å². The van der Waals surface area contributed by atoms with Crippen molar-refractivity contribution < 1.29 is 18.1 Å². The summed E-state index contributed by atoms with van der Waals surface area (Å²) in [5, 5.41) is 11.1. The van der Waals surface area contributed by atoms with Crippen molar-refractivity contribution in [2.75, 3.05) is 25.1 Å². The van der Waals surface area contributed by atoms with Gasteiger partial charge in [0, 0.05) is 23.7 Å². The van der Waals surface area contributed by atoms with Gasteiger partial charge in [-0.05, 0) is 43.9 Å². The zero-order valence-electron chi connectivity index (χ0n) is 21.1. The number of hydrogen-bond acceptors (Lipinski definition) is 8. The van der Waals surface area contributed by atoms with E-state index in [-0.39, 0.29) is 35.3 Å². The van der Waals surface area contributed by atoms with E-state index in [1.807, 2.05) is 31.1 Å².